The van der Waals surface area contributed by atoms with Crippen molar-refractivity contribution in [3.8, 4) is 0 Å². The topological polar surface area (TPSA) is 75.9 Å². The first-order chi connectivity index (χ1) is 7.78. The molecule has 4 N–H and O–H groups in total. The molecule has 0 radical (unpaired) electrons. The number of nitrogen functional groups attached to an aromatic ring is 1. The number of rotatable bonds is 3. The zero-order valence-corrected chi connectivity index (χ0v) is 9.90. The summed E-state index contributed by atoms with van der Waals surface area (Å²) in [6.45, 7) is 0. The van der Waals surface area contributed by atoms with Crippen molar-refractivity contribution >= 4 is 33.3 Å². The number of anilines is 3. The average molecular weight is 280 g/mol. The number of hydrazine groups is 1. The molecule has 0 saturated carbocycles. The summed E-state index contributed by atoms with van der Waals surface area (Å²) in [5.41, 5.74) is 3.37. The van der Waals surface area contributed by atoms with Crippen molar-refractivity contribution in [2.45, 2.75) is 0 Å². The summed E-state index contributed by atoms with van der Waals surface area (Å²) in [4.78, 5) is 8.19. The van der Waals surface area contributed by atoms with E-state index in [0.717, 1.165) is 10.2 Å². The van der Waals surface area contributed by atoms with Gasteiger partial charge in [0.05, 0.1) is 12.4 Å². The molecule has 0 amide bonds. The van der Waals surface area contributed by atoms with E-state index in [4.69, 9.17) is 5.84 Å². The Morgan fingerprint density at radius 1 is 1.19 bits per heavy atom. The summed E-state index contributed by atoms with van der Waals surface area (Å²) in [5.74, 6) is 6.40. The van der Waals surface area contributed by atoms with Gasteiger partial charge in [0.1, 0.15) is 0 Å². The highest BCUT2D eigenvalue weighted by molar-refractivity contribution is 9.10. The lowest BCUT2D eigenvalue weighted by Crippen LogP contribution is -2.09. The summed E-state index contributed by atoms with van der Waals surface area (Å²) in [6.07, 6.45) is 3.17. The van der Waals surface area contributed by atoms with Gasteiger partial charge >= 0.3 is 0 Å². The van der Waals surface area contributed by atoms with Gasteiger partial charge in [0.2, 0.25) is 0 Å². The summed E-state index contributed by atoms with van der Waals surface area (Å²) in [6, 6.07) is 7.78. The molecule has 1 aromatic carbocycles. The number of nitrogens with one attached hydrogen (secondary N) is 2. The lowest BCUT2D eigenvalue weighted by atomic mass is 10.3. The van der Waals surface area contributed by atoms with Crippen LogP contribution in [0.15, 0.2) is 41.1 Å². The van der Waals surface area contributed by atoms with Crippen LogP contribution < -0.4 is 16.6 Å². The third-order valence-corrected chi connectivity index (χ3v) is 2.37. The molecule has 0 aliphatic carbocycles. The Morgan fingerprint density at radius 2 is 2.00 bits per heavy atom. The third kappa shape index (κ3) is 2.68. The summed E-state index contributed by atoms with van der Waals surface area (Å²) >= 11 is 3.40. The monoisotopic (exact) mass is 279 g/mol. The number of hydrogen-bond donors (Lipinski definition) is 3. The first-order valence-corrected chi connectivity index (χ1v) is 5.38. The van der Waals surface area contributed by atoms with Crippen LogP contribution in [0.5, 0.6) is 0 Å². The maximum atomic E-state index is 5.25. The van der Waals surface area contributed by atoms with Crippen molar-refractivity contribution < 1.29 is 0 Å². The van der Waals surface area contributed by atoms with E-state index in [9.17, 15) is 0 Å². The fourth-order valence-electron chi connectivity index (χ4n) is 1.21. The number of halogens is 1. The van der Waals surface area contributed by atoms with E-state index in [2.05, 4.69) is 36.6 Å². The minimum atomic E-state index is 0.514. The van der Waals surface area contributed by atoms with Crippen LogP contribution in [-0.2, 0) is 0 Å². The molecule has 2 aromatic rings. The van der Waals surface area contributed by atoms with Crippen LogP contribution in [0.1, 0.15) is 0 Å². The van der Waals surface area contributed by atoms with Gasteiger partial charge in [-0.15, -0.1) is 0 Å². The summed E-state index contributed by atoms with van der Waals surface area (Å²) < 4.78 is 0.999. The van der Waals surface area contributed by atoms with E-state index in [1.54, 1.807) is 12.4 Å². The van der Waals surface area contributed by atoms with Crippen molar-refractivity contribution in [2.75, 3.05) is 10.7 Å². The number of nitrogens with two attached hydrogens (primary N) is 1. The van der Waals surface area contributed by atoms with Gasteiger partial charge in [-0.1, -0.05) is 22.0 Å². The van der Waals surface area contributed by atoms with Crippen LogP contribution in [0.4, 0.5) is 17.3 Å². The summed E-state index contributed by atoms with van der Waals surface area (Å²) in [7, 11) is 0. The van der Waals surface area contributed by atoms with Crippen molar-refractivity contribution in [3.05, 3.63) is 41.1 Å². The molecular weight excluding hydrogens is 270 g/mol. The normalized spacial score (nSPS) is 9.88. The van der Waals surface area contributed by atoms with Gasteiger partial charge in [0.15, 0.2) is 11.6 Å². The Bertz CT molecular complexity index is 488. The minimum Gasteiger partial charge on any atom is -0.339 e. The quantitative estimate of drug-likeness (QED) is 0.594. The van der Waals surface area contributed by atoms with E-state index in [1.165, 1.54) is 0 Å². The second-order valence-corrected chi connectivity index (χ2v) is 3.98. The Kier molecular flexibility index (Phi) is 3.33. The maximum absolute atomic E-state index is 5.25. The van der Waals surface area contributed by atoms with Crippen molar-refractivity contribution in [1.29, 1.82) is 0 Å². The molecule has 0 aliphatic heterocycles. The molecule has 0 spiro atoms. The summed E-state index contributed by atoms with van der Waals surface area (Å²) in [5, 5.41) is 3.12. The Labute approximate surface area is 101 Å². The van der Waals surface area contributed by atoms with Crippen LogP contribution in [-0.4, -0.2) is 9.97 Å². The molecule has 82 valence electrons. The van der Waals surface area contributed by atoms with Crippen LogP contribution in [0.2, 0.25) is 0 Å². The SMILES string of the molecule is NNc1cncc(Nc2cccc(Br)c2)n1. The van der Waals surface area contributed by atoms with Crippen LogP contribution >= 0.6 is 15.9 Å². The zero-order valence-electron chi connectivity index (χ0n) is 8.31. The molecule has 5 nitrogen and oxygen atoms in total. The van der Waals surface area contributed by atoms with E-state index >= 15 is 0 Å². The molecule has 0 atom stereocenters. The average Bonchev–Trinajstić information content (AvgIpc) is 2.29. The van der Waals surface area contributed by atoms with Crippen molar-refractivity contribution in [2.24, 2.45) is 5.84 Å². The molecule has 6 heteroatoms. The molecule has 0 bridgehead atoms. The molecule has 1 aromatic heterocycles. The largest absolute Gasteiger partial charge is 0.339 e. The van der Waals surface area contributed by atoms with E-state index in [-0.39, 0.29) is 0 Å². The highest BCUT2D eigenvalue weighted by Gasteiger charge is 1.98. The van der Waals surface area contributed by atoms with Gasteiger partial charge in [-0.3, -0.25) is 4.98 Å². The molecule has 0 fully saturated rings. The predicted molar refractivity (Wildman–Crippen MR) is 67.3 cm³/mol. The Hall–Kier alpha value is -1.66. The minimum absolute atomic E-state index is 0.514. The fourth-order valence-corrected chi connectivity index (χ4v) is 1.61. The third-order valence-electron chi connectivity index (χ3n) is 1.88. The highest BCUT2D eigenvalue weighted by atomic mass is 79.9. The van der Waals surface area contributed by atoms with Gasteiger partial charge in [-0.2, -0.15) is 0 Å². The molecule has 0 saturated heterocycles. The number of aromatic nitrogens is 2. The van der Waals surface area contributed by atoms with Gasteiger partial charge in [-0.25, -0.2) is 10.8 Å². The molecule has 16 heavy (non-hydrogen) atoms. The second kappa shape index (κ2) is 4.91. The molecule has 1 heterocycles. The smallest absolute Gasteiger partial charge is 0.160 e. The van der Waals surface area contributed by atoms with Gasteiger partial charge in [0, 0.05) is 10.2 Å². The Morgan fingerprint density at radius 3 is 2.75 bits per heavy atom. The first-order valence-electron chi connectivity index (χ1n) is 4.59. The Balaban J connectivity index is 2.20. The van der Waals surface area contributed by atoms with Gasteiger partial charge in [0.25, 0.3) is 0 Å². The van der Waals surface area contributed by atoms with Crippen LogP contribution in [0.25, 0.3) is 0 Å². The van der Waals surface area contributed by atoms with E-state index < -0.39 is 0 Å². The molecule has 0 unspecified atom stereocenters. The fraction of sp³-hybridized carbons (Fsp3) is 0. The van der Waals surface area contributed by atoms with Gasteiger partial charge in [-0.05, 0) is 18.2 Å². The number of nitrogens with zero attached hydrogens (tertiary/aromatic N) is 2. The van der Waals surface area contributed by atoms with Crippen LogP contribution in [0, 0.1) is 0 Å². The van der Waals surface area contributed by atoms with Crippen molar-refractivity contribution in [3.63, 3.8) is 0 Å². The first kappa shape index (κ1) is 10.8. The molecule has 2 rings (SSSR count). The second-order valence-electron chi connectivity index (χ2n) is 3.07. The van der Waals surface area contributed by atoms with Crippen molar-refractivity contribution in [1.82, 2.24) is 9.97 Å². The van der Waals surface area contributed by atoms with E-state index in [0.29, 0.717) is 11.6 Å². The lowest BCUT2D eigenvalue weighted by Gasteiger charge is -2.06. The number of hydrogen-bond acceptors (Lipinski definition) is 5. The zero-order chi connectivity index (χ0) is 11.4. The maximum Gasteiger partial charge on any atom is 0.160 e. The van der Waals surface area contributed by atoms with E-state index in [1.807, 2.05) is 24.3 Å². The standard InChI is InChI=1S/C10H10BrN5/c11-7-2-1-3-8(4-7)14-9-5-13-6-10(15-9)16-12/h1-6H,12H2,(H2,14,15,16). The van der Waals surface area contributed by atoms with Crippen LogP contribution in [0.3, 0.4) is 0 Å². The predicted octanol–water partition coefficient (Wildman–Crippen LogP) is 2.27. The van der Waals surface area contributed by atoms with Gasteiger partial charge < -0.3 is 10.7 Å². The molecule has 0 aliphatic rings. The number of benzene rings is 1. The molecular formula is C10H10BrN5. The lowest BCUT2D eigenvalue weighted by molar-refractivity contribution is 1.16. The highest BCUT2D eigenvalue weighted by Crippen LogP contribution is 2.19.